The molecule has 0 spiro atoms. The molecule has 0 aromatic heterocycles. The predicted molar refractivity (Wildman–Crippen MR) is 119 cm³/mol. The summed E-state index contributed by atoms with van der Waals surface area (Å²) in [5, 5.41) is 3.25. The van der Waals surface area contributed by atoms with E-state index in [0.29, 0.717) is 12.5 Å². The Hall–Kier alpha value is -1.79. The lowest BCUT2D eigenvalue weighted by atomic mass is 9.95. The van der Waals surface area contributed by atoms with Gasteiger partial charge in [-0.1, -0.05) is 12.8 Å². The van der Waals surface area contributed by atoms with Crippen molar-refractivity contribution in [3.63, 3.8) is 0 Å². The number of carbonyl (C=O) groups excluding carboxylic acids is 2. The number of carbonyl (C=O) groups is 2. The molecule has 3 fully saturated rings. The fraction of sp³-hybridized carbons (Fsp3) is 0.680. The molecule has 2 saturated heterocycles. The number of nitrogens with one attached hydrogen (secondary N) is 1. The van der Waals surface area contributed by atoms with Crippen LogP contribution in [0.1, 0.15) is 62.1 Å². The van der Waals surface area contributed by atoms with Gasteiger partial charge in [-0.25, -0.2) is 4.39 Å². The molecule has 1 N–H and O–H groups in total. The minimum absolute atomic E-state index is 0.0857. The van der Waals surface area contributed by atoms with Gasteiger partial charge in [-0.15, -0.1) is 0 Å². The maximum Gasteiger partial charge on any atom is 0.226 e. The van der Waals surface area contributed by atoms with Crippen molar-refractivity contribution in [2.45, 2.75) is 77.4 Å². The molecule has 0 bridgehead atoms. The van der Waals surface area contributed by atoms with Crippen LogP contribution in [-0.4, -0.2) is 59.8 Å². The van der Waals surface area contributed by atoms with E-state index in [1.807, 2.05) is 6.92 Å². The van der Waals surface area contributed by atoms with E-state index in [-0.39, 0.29) is 36.0 Å². The topological polar surface area (TPSA) is 52.7 Å². The van der Waals surface area contributed by atoms with Gasteiger partial charge in [0.2, 0.25) is 5.91 Å². The van der Waals surface area contributed by atoms with Crippen molar-refractivity contribution in [1.82, 2.24) is 15.1 Å². The lowest BCUT2D eigenvalue weighted by Gasteiger charge is -2.41. The summed E-state index contributed by atoms with van der Waals surface area (Å²) >= 11 is 0. The minimum atomic E-state index is -0.272. The number of nitrogens with zero attached hydrogens (tertiary/aromatic N) is 2. The van der Waals surface area contributed by atoms with Crippen LogP contribution in [0.3, 0.4) is 0 Å². The Kier molecular flexibility index (Phi) is 7.07. The second-order valence-electron chi connectivity index (χ2n) is 9.74. The molecule has 1 amide bonds. The summed E-state index contributed by atoms with van der Waals surface area (Å²) in [5.74, 6) is 0.428. The molecule has 1 aliphatic carbocycles. The van der Waals surface area contributed by atoms with E-state index in [9.17, 15) is 14.0 Å². The van der Waals surface area contributed by atoms with Crippen LogP contribution in [0.15, 0.2) is 12.1 Å². The number of ketones is 1. The average molecular weight is 430 g/mol. The summed E-state index contributed by atoms with van der Waals surface area (Å²) in [4.78, 5) is 29.8. The van der Waals surface area contributed by atoms with Crippen LogP contribution in [-0.2, 0) is 22.6 Å². The quantitative estimate of drug-likeness (QED) is 0.755. The number of rotatable bonds is 6. The SMILES string of the molecule is Cc1c(CC(=O)[C@H]2CCCN2)cc(F)cc1CN1CCN(C(=O)C2CCCC2)[C@@H](C)C1. The zero-order chi connectivity index (χ0) is 22.0. The fourth-order valence-corrected chi connectivity index (χ4v) is 5.57. The van der Waals surface area contributed by atoms with E-state index < -0.39 is 0 Å². The van der Waals surface area contributed by atoms with E-state index in [0.717, 1.165) is 68.6 Å². The summed E-state index contributed by atoms with van der Waals surface area (Å²) in [6, 6.07) is 3.22. The van der Waals surface area contributed by atoms with Gasteiger partial charge in [0, 0.05) is 44.6 Å². The van der Waals surface area contributed by atoms with E-state index in [4.69, 9.17) is 0 Å². The molecule has 2 aliphatic heterocycles. The molecule has 31 heavy (non-hydrogen) atoms. The summed E-state index contributed by atoms with van der Waals surface area (Å²) in [5.41, 5.74) is 2.77. The second kappa shape index (κ2) is 9.78. The molecule has 170 valence electrons. The van der Waals surface area contributed by atoms with E-state index in [1.54, 1.807) is 6.07 Å². The number of Topliss-reactive ketones (excluding diaryl/α,β-unsaturated/α-hetero) is 1. The smallest absolute Gasteiger partial charge is 0.226 e. The normalized spacial score (nSPS) is 25.3. The van der Waals surface area contributed by atoms with Gasteiger partial charge in [0.15, 0.2) is 5.78 Å². The van der Waals surface area contributed by atoms with Crippen LogP contribution >= 0.6 is 0 Å². The van der Waals surface area contributed by atoms with Crippen molar-refractivity contribution in [2.75, 3.05) is 26.2 Å². The standard InChI is InChI=1S/C25H36FN3O2/c1-17-15-28(10-11-29(17)25(31)19-6-3-4-7-19)16-21-13-22(26)12-20(18(21)2)14-24(30)23-8-5-9-27-23/h12-13,17,19,23,27H,3-11,14-16H2,1-2H3/t17-,23+/m0/s1. The number of piperazine rings is 1. The first-order chi connectivity index (χ1) is 14.9. The molecule has 1 aromatic rings. The lowest BCUT2D eigenvalue weighted by Crippen LogP contribution is -2.54. The van der Waals surface area contributed by atoms with Crippen LogP contribution in [0.2, 0.25) is 0 Å². The Labute approximate surface area is 185 Å². The fourth-order valence-electron chi connectivity index (χ4n) is 5.57. The highest BCUT2D eigenvalue weighted by Gasteiger charge is 2.33. The number of benzene rings is 1. The Bertz CT molecular complexity index is 815. The first-order valence-corrected chi connectivity index (χ1v) is 12.0. The number of amides is 1. The zero-order valence-electron chi connectivity index (χ0n) is 19.0. The van der Waals surface area contributed by atoms with Crippen molar-refractivity contribution in [3.05, 3.63) is 34.6 Å². The molecule has 6 heteroatoms. The van der Waals surface area contributed by atoms with Crippen LogP contribution in [0.5, 0.6) is 0 Å². The maximum absolute atomic E-state index is 14.4. The Morgan fingerprint density at radius 2 is 1.84 bits per heavy atom. The average Bonchev–Trinajstić information content (AvgIpc) is 3.45. The van der Waals surface area contributed by atoms with Gasteiger partial charge < -0.3 is 10.2 Å². The number of halogens is 1. The number of hydrogen-bond donors (Lipinski definition) is 1. The first kappa shape index (κ1) is 22.4. The highest BCUT2D eigenvalue weighted by atomic mass is 19.1. The minimum Gasteiger partial charge on any atom is -0.337 e. The zero-order valence-corrected chi connectivity index (χ0v) is 19.0. The molecule has 4 rings (SSSR count). The highest BCUT2D eigenvalue weighted by Crippen LogP contribution is 2.28. The summed E-state index contributed by atoms with van der Waals surface area (Å²) in [7, 11) is 0. The van der Waals surface area contributed by atoms with E-state index >= 15 is 0 Å². The Morgan fingerprint density at radius 3 is 2.52 bits per heavy atom. The van der Waals surface area contributed by atoms with Gasteiger partial charge in [-0.05, 0) is 74.9 Å². The third-order valence-electron chi connectivity index (χ3n) is 7.49. The van der Waals surface area contributed by atoms with Crippen molar-refractivity contribution >= 4 is 11.7 Å². The third kappa shape index (κ3) is 5.17. The van der Waals surface area contributed by atoms with Crippen molar-refractivity contribution in [3.8, 4) is 0 Å². The van der Waals surface area contributed by atoms with Crippen molar-refractivity contribution < 1.29 is 14.0 Å². The Morgan fingerprint density at radius 1 is 1.10 bits per heavy atom. The van der Waals surface area contributed by atoms with Gasteiger partial charge in [-0.2, -0.15) is 0 Å². The lowest BCUT2D eigenvalue weighted by molar-refractivity contribution is -0.140. The molecule has 1 saturated carbocycles. The van der Waals surface area contributed by atoms with Crippen molar-refractivity contribution in [1.29, 1.82) is 0 Å². The largest absolute Gasteiger partial charge is 0.337 e. The molecular formula is C25H36FN3O2. The summed E-state index contributed by atoms with van der Waals surface area (Å²) in [6.45, 7) is 8.01. The Balaban J connectivity index is 1.39. The van der Waals surface area contributed by atoms with E-state index in [2.05, 4.69) is 22.0 Å². The second-order valence-corrected chi connectivity index (χ2v) is 9.74. The van der Waals surface area contributed by atoms with Gasteiger partial charge in [-0.3, -0.25) is 14.5 Å². The third-order valence-corrected chi connectivity index (χ3v) is 7.49. The summed E-state index contributed by atoms with van der Waals surface area (Å²) < 4.78 is 14.4. The molecule has 2 atom stereocenters. The molecule has 0 unspecified atom stereocenters. The molecule has 0 radical (unpaired) electrons. The molecule has 2 heterocycles. The molecule has 3 aliphatic rings. The number of hydrogen-bond acceptors (Lipinski definition) is 4. The monoisotopic (exact) mass is 429 g/mol. The van der Waals surface area contributed by atoms with Crippen LogP contribution in [0.25, 0.3) is 0 Å². The molecule has 1 aromatic carbocycles. The highest BCUT2D eigenvalue weighted by molar-refractivity contribution is 5.86. The molecule has 5 nitrogen and oxygen atoms in total. The van der Waals surface area contributed by atoms with Gasteiger partial charge in [0.05, 0.1) is 6.04 Å². The van der Waals surface area contributed by atoms with Gasteiger partial charge in [0.25, 0.3) is 0 Å². The first-order valence-electron chi connectivity index (χ1n) is 12.0. The van der Waals surface area contributed by atoms with Crippen LogP contribution < -0.4 is 5.32 Å². The molecular weight excluding hydrogens is 393 g/mol. The van der Waals surface area contributed by atoms with Gasteiger partial charge >= 0.3 is 0 Å². The van der Waals surface area contributed by atoms with E-state index in [1.165, 1.54) is 18.9 Å². The van der Waals surface area contributed by atoms with Crippen LogP contribution in [0, 0.1) is 18.7 Å². The van der Waals surface area contributed by atoms with Crippen molar-refractivity contribution in [2.24, 2.45) is 5.92 Å². The summed E-state index contributed by atoms with van der Waals surface area (Å²) in [6.07, 6.45) is 6.60. The predicted octanol–water partition coefficient (Wildman–Crippen LogP) is 3.22. The maximum atomic E-state index is 14.4. The van der Waals surface area contributed by atoms with Crippen LogP contribution in [0.4, 0.5) is 4.39 Å². The van der Waals surface area contributed by atoms with Gasteiger partial charge in [0.1, 0.15) is 5.82 Å².